The lowest BCUT2D eigenvalue weighted by atomic mass is 9.86. The Morgan fingerprint density at radius 1 is 1.18 bits per heavy atom. The van der Waals surface area contributed by atoms with Crippen LogP contribution in [0.1, 0.15) is 60.4 Å². The Morgan fingerprint density at radius 3 is 2.77 bits per heavy atom. The van der Waals surface area contributed by atoms with E-state index >= 15 is 4.39 Å². The summed E-state index contributed by atoms with van der Waals surface area (Å²) in [4.78, 5) is 14.9. The van der Waals surface area contributed by atoms with Crippen molar-refractivity contribution in [3.63, 3.8) is 0 Å². The van der Waals surface area contributed by atoms with Gasteiger partial charge in [-0.05, 0) is 54.7 Å². The average molecular weight is 531 g/mol. The molecule has 1 unspecified atom stereocenters. The van der Waals surface area contributed by atoms with Crippen LogP contribution in [0.3, 0.4) is 0 Å². The van der Waals surface area contributed by atoms with Crippen molar-refractivity contribution in [1.29, 1.82) is 0 Å². The zero-order valence-electron chi connectivity index (χ0n) is 23.0. The maximum absolute atomic E-state index is 15.8. The number of hydrogen-bond donors (Lipinski definition) is 0. The summed E-state index contributed by atoms with van der Waals surface area (Å²) in [7, 11) is 1.36. The Hall–Kier alpha value is -3.78. The molecule has 0 bridgehead atoms. The molecule has 39 heavy (non-hydrogen) atoms. The molecule has 0 fully saturated rings. The minimum atomic E-state index is -0.524. The first-order valence-electron chi connectivity index (χ1n) is 13.6. The number of nitrogens with zero attached hydrogens (tertiary/aromatic N) is 4. The second-order valence-electron chi connectivity index (χ2n) is 10.2. The van der Waals surface area contributed by atoms with Crippen molar-refractivity contribution in [1.82, 2.24) is 19.9 Å². The fraction of sp³-hybridized carbons (Fsp3) is 0.387. The number of hydrogen-bond acceptors (Lipinski definition) is 6. The van der Waals surface area contributed by atoms with Crippen LogP contribution in [-0.2, 0) is 29.2 Å². The maximum Gasteiger partial charge on any atom is 0.306 e. The highest BCUT2D eigenvalue weighted by molar-refractivity contribution is 5.77. The third-order valence-corrected chi connectivity index (χ3v) is 7.68. The molecule has 8 heteroatoms. The molecule has 7 nitrogen and oxygen atoms in total. The Labute approximate surface area is 228 Å². The Bertz CT molecular complexity index is 1480. The average Bonchev–Trinajstić information content (AvgIpc) is 3.29. The maximum atomic E-state index is 15.8. The number of carbonyl (C=O) groups excluding carboxylic acids is 1. The van der Waals surface area contributed by atoms with Crippen molar-refractivity contribution < 1.29 is 18.7 Å². The molecular formula is C31H35FN4O3. The topological polar surface area (TPSA) is 69.5 Å². The van der Waals surface area contributed by atoms with Crippen LogP contribution in [0, 0.1) is 12.7 Å². The van der Waals surface area contributed by atoms with Gasteiger partial charge in [0.15, 0.2) is 5.82 Å². The Morgan fingerprint density at radius 2 is 2.00 bits per heavy atom. The molecule has 0 aliphatic carbocycles. The first-order chi connectivity index (χ1) is 18.9. The smallest absolute Gasteiger partial charge is 0.306 e. The van der Waals surface area contributed by atoms with Crippen molar-refractivity contribution in [2.24, 2.45) is 0 Å². The highest BCUT2D eigenvalue weighted by atomic mass is 19.1. The molecule has 0 saturated carbocycles. The molecular weight excluding hydrogens is 495 g/mol. The van der Waals surface area contributed by atoms with E-state index in [2.05, 4.69) is 47.3 Å². The van der Waals surface area contributed by atoms with Gasteiger partial charge in [-0.2, -0.15) is 0 Å². The van der Waals surface area contributed by atoms with E-state index in [1.165, 1.54) is 12.7 Å². The largest absolute Gasteiger partial charge is 0.489 e. The van der Waals surface area contributed by atoms with Gasteiger partial charge in [-0.25, -0.2) is 9.07 Å². The van der Waals surface area contributed by atoms with E-state index in [-0.39, 0.29) is 18.0 Å². The number of esters is 1. The molecule has 1 aliphatic rings. The van der Waals surface area contributed by atoms with E-state index in [1.54, 1.807) is 10.7 Å². The summed E-state index contributed by atoms with van der Waals surface area (Å²) >= 11 is 0. The van der Waals surface area contributed by atoms with Gasteiger partial charge in [-0.3, -0.25) is 9.69 Å². The number of benzene rings is 3. The summed E-state index contributed by atoms with van der Waals surface area (Å²) in [5.74, 6) is -0.424. The number of aryl methyl sites for hydroxylation is 2. The van der Waals surface area contributed by atoms with Gasteiger partial charge < -0.3 is 9.47 Å². The van der Waals surface area contributed by atoms with Crippen molar-refractivity contribution >= 4 is 17.0 Å². The number of aromatic nitrogens is 3. The van der Waals surface area contributed by atoms with Gasteiger partial charge in [0.1, 0.15) is 17.4 Å². The van der Waals surface area contributed by atoms with Gasteiger partial charge in [0.25, 0.3) is 0 Å². The van der Waals surface area contributed by atoms with Gasteiger partial charge in [0, 0.05) is 37.7 Å². The summed E-state index contributed by atoms with van der Waals surface area (Å²) in [5.41, 5.74) is 5.56. The van der Waals surface area contributed by atoms with E-state index in [0.717, 1.165) is 42.0 Å². The molecule has 0 spiro atoms. The zero-order chi connectivity index (χ0) is 27.5. The first kappa shape index (κ1) is 26.8. The number of carbonyl (C=O) groups is 1. The van der Waals surface area contributed by atoms with Gasteiger partial charge in [-0.15, -0.1) is 5.10 Å². The van der Waals surface area contributed by atoms with Crippen molar-refractivity contribution in [3.8, 4) is 5.75 Å². The first-order valence-corrected chi connectivity index (χ1v) is 13.6. The van der Waals surface area contributed by atoms with Crippen LogP contribution in [0.15, 0.2) is 54.6 Å². The van der Waals surface area contributed by atoms with E-state index < -0.39 is 17.7 Å². The summed E-state index contributed by atoms with van der Waals surface area (Å²) in [6.07, 6.45) is 1.03. The molecule has 0 saturated heterocycles. The van der Waals surface area contributed by atoms with E-state index in [1.807, 2.05) is 37.3 Å². The molecule has 2 heterocycles. The minimum absolute atomic E-state index is 0.0200. The molecule has 1 aliphatic heterocycles. The van der Waals surface area contributed by atoms with Gasteiger partial charge >= 0.3 is 5.97 Å². The van der Waals surface area contributed by atoms with E-state index in [9.17, 15) is 4.79 Å². The molecule has 1 aromatic heterocycles. The van der Waals surface area contributed by atoms with Crippen molar-refractivity contribution in [2.45, 2.75) is 65.3 Å². The molecule has 3 aromatic carbocycles. The van der Waals surface area contributed by atoms with E-state index in [0.29, 0.717) is 24.2 Å². The lowest BCUT2D eigenvalue weighted by molar-refractivity contribution is -0.140. The summed E-state index contributed by atoms with van der Waals surface area (Å²) < 4.78 is 28.8. The normalized spacial score (nSPS) is 16.4. The molecule has 0 N–H and O–H groups in total. The molecule has 0 amide bonds. The van der Waals surface area contributed by atoms with Crippen molar-refractivity contribution in [2.75, 3.05) is 13.7 Å². The standard InChI is InChI=1S/C31H35FN4O3/c1-5-24-19-35(17-22-9-7-8-10-28(22)39-24)18-23-15-21(12-11-20(23)3)26(16-29(37)38-4)25-13-14-27-31(30(25)32)33-34-36(27)6-2/h7-15,24,26H,5-6,16-19H2,1-4H3/t24-,26?/m1/s1. The predicted molar refractivity (Wildman–Crippen MR) is 148 cm³/mol. The van der Waals surface area contributed by atoms with Gasteiger partial charge in [0.2, 0.25) is 0 Å². The fourth-order valence-electron chi connectivity index (χ4n) is 5.39. The molecule has 4 aromatic rings. The molecule has 204 valence electrons. The number of methoxy groups -OCH3 is 1. The van der Waals surface area contributed by atoms with Crippen molar-refractivity contribution in [3.05, 3.63) is 88.2 Å². The summed E-state index contributed by atoms with van der Waals surface area (Å²) in [5, 5.41) is 8.15. The SMILES string of the molecule is CC[C@@H]1CN(Cc2cc(C(CC(=O)OC)c3ccc4c(nnn4CC)c3F)ccc2C)Cc2ccccc2O1. The third kappa shape index (κ3) is 5.52. The lowest BCUT2D eigenvalue weighted by Gasteiger charge is -2.25. The fourth-order valence-corrected chi connectivity index (χ4v) is 5.39. The van der Waals surface area contributed by atoms with Gasteiger partial charge in [0.05, 0.1) is 19.0 Å². The zero-order valence-corrected chi connectivity index (χ0v) is 23.0. The van der Waals surface area contributed by atoms with E-state index in [4.69, 9.17) is 9.47 Å². The second-order valence-corrected chi connectivity index (χ2v) is 10.2. The highest BCUT2D eigenvalue weighted by Crippen LogP contribution is 2.35. The number of ether oxygens (including phenoxy) is 2. The summed E-state index contributed by atoms with van der Waals surface area (Å²) in [6, 6.07) is 17.9. The Kier molecular flexibility index (Phi) is 7.93. The van der Waals surface area contributed by atoms with Crippen LogP contribution in [0.2, 0.25) is 0 Å². The van der Waals surface area contributed by atoms with Crippen LogP contribution in [0.4, 0.5) is 4.39 Å². The predicted octanol–water partition coefficient (Wildman–Crippen LogP) is 5.77. The van der Waals surface area contributed by atoms with Crippen LogP contribution in [-0.4, -0.2) is 45.6 Å². The molecule has 0 radical (unpaired) electrons. The van der Waals surface area contributed by atoms with Crippen LogP contribution < -0.4 is 4.74 Å². The number of para-hydroxylation sites is 1. The Balaban J connectivity index is 1.50. The second kappa shape index (κ2) is 11.5. The van der Waals surface area contributed by atoms with Crippen LogP contribution in [0.5, 0.6) is 5.75 Å². The monoisotopic (exact) mass is 530 g/mol. The van der Waals surface area contributed by atoms with Gasteiger partial charge in [-0.1, -0.05) is 54.6 Å². The molecule has 2 atom stereocenters. The third-order valence-electron chi connectivity index (χ3n) is 7.68. The molecule has 5 rings (SSSR count). The highest BCUT2D eigenvalue weighted by Gasteiger charge is 2.26. The lowest BCUT2D eigenvalue weighted by Crippen LogP contribution is -2.32. The number of rotatable bonds is 8. The number of fused-ring (bicyclic) bond motifs is 2. The van der Waals surface area contributed by atoms with Crippen LogP contribution in [0.25, 0.3) is 11.0 Å². The summed E-state index contributed by atoms with van der Waals surface area (Å²) in [6.45, 7) is 9.05. The minimum Gasteiger partial charge on any atom is -0.489 e. The van der Waals surface area contributed by atoms with Crippen LogP contribution >= 0.6 is 0 Å². The quantitative estimate of drug-likeness (QED) is 0.270. The number of halogens is 1.